The second-order valence-corrected chi connectivity index (χ2v) is 5.77. The molecule has 3 N–H and O–H groups in total. The molecule has 17 heavy (non-hydrogen) atoms. The van der Waals surface area contributed by atoms with Gasteiger partial charge in [0.15, 0.2) is 0 Å². The van der Waals surface area contributed by atoms with Crippen LogP contribution in [0.15, 0.2) is 0 Å². The van der Waals surface area contributed by atoms with Crippen LogP contribution in [0.4, 0.5) is 0 Å². The molecule has 0 radical (unpaired) electrons. The molecule has 3 heteroatoms. The van der Waals surface area contributed by atoms with Crippen LogP contribution in [0.2, 0.25) is 0 Å². The number of rotatable bonds is 4. The Morgan fingerprint density at radius 1 is 1.00 bits per heavy atom. The van der Waals surface area contributed by atoms with Crippen molar-refractivity contribution in [3.05, 3.63) is 0 Å². The Morgan fingerprint density at radius 2 is 1.59 bits per heavy atom. The van der Waals surface area contributed by atoms with Gasteiger partial charge in [-0.1, -0.05) is 25.7 Å². The van der Waals surface area contributed by atoms with E-state index < -0.39 is 0 Å². The number of hydrogen-bond donors (Lipinski definition) is 2. The van der Waals surface area contributed by atoms with Crippen molar-refractivity contribution in [2.24, 2.45) is 23.5 Å². The monoisotopic (exact) mass is 238 g/mol. The Bertz CT molecular complexity index is 249. The summed E-state index contributed by atoms with van der Waals surface area (Å²) in [6.45, 7) is 1.64. The maximum Gasteiger partial charge on any atom is 0.223 e. The van der Waals surface area contributed by atoms with Crippen LogP contribution in [0.25, 0.3) is 0 Å². The van der Waals surface area contributed by atoms with E-state index in [0.717, 1.165) is 25.9 Å². The summed E-state index contributed by atoms with van der Waals surface area (Å²) in [6, 6.07) is 0. The van der Waals surface area contributed by atoms with Gasteiger partial charge in [-0.25, -0.2) is 0 Å². The molecule has 2 unspecified atom stereocenters. The summed E-state index contributed by atoms with van der Waals surface area (Å²) in [5.41, 5.74) is 5.81. The first-order valence-electron chi connectivity index (χ1n) is 7.29. The number of amides is 1. The molecule has 0 aromatic heterocycles. The van der Waals surface area contributed by atoms with Crippen molar-refractivity contribution in [1.29, 1.82) is 0 Å². The van der Waals surface area contributed by atoms with Crippen molar-refractivity contribution < 1.29 is 4.79 Å². The summed E-state index contributed by atoms with van der Waals surface area (Å²) >= 11 is 0. The molecule has 2 aliphatic rings. The molecule has 98 valence electrons. The van der Waals surface area contributed by atoms with Gasteiger partial charge in [0.1, 0.15) is 0 Å². The maximum absolute atomic E-state index is 11.9. The van der Waals surface area contributed by atoms with Gasteiger partial charge in [0.25, 0.3) is 0 Å². The SMILES string of the molecule is NCC1CCCCC1CNC(=O)C1CCCC1. The Kier molecular flexibility index (Phi) is 4.84. The zero-order valence-corrected chi connectivity index (χ0v) is 10.8. The molecule has 2 rings (SSSR count). The van der Waals surface area contributed by atoms with Crippen LogP contribution in [0.3, 0.4) is 0 Å². The van der Waals surface area contributed by atoms with Gasteiger partial charge in [-0.05, 0) is 44.1 Å². The Morgan fingerprint density at radius 3 is 2.24 bits per heavy atom. The summed E-state index contributed by atoms with van der Waals surface area (Å²) in [5, 5.41) is 3.16. The largest absolute Gasteiger partial charge is 0.356 e. The second kappa shape index (κ2) is 6.39. The average molecular weight is 238 g/mol. The highest BCUT2D eigenvalue weighted by atomic mass is 16.1. The van der Waals surface area contributed by atoms with E-state index in [1.54, 1.807) is 0 Å². The van der Waals surface area contributed by atoms with Crippen molar-refractivity contribution in [1.82, 2.24) is 5.32 Å². The predicted octanol–water partition coefficient (Wildman–Crippen LogP) is 2.06. The lowest BCUT2D eigenvalue weighted by Gasteiger charge is -2.31. The zero-order chi connectivity index (χ0) is 12.1. The van der Waals surface area contributed by atoms with Gasteiger partial charge in [0, 0.05) is 12.5 Å². The van der Waals surface area contributed by atoms with E-state index in [4.69, 9.17) is 5.73 Å². The van der Waals surface area contributed by atoms with Gasteiger partial charge >= 0.3 is 0 Å². The molecule has 0 aromatic rings. The topological polar surface area (TPSA) is 55.1 Å². The first-order valence-corrected chi connectivity index (χ1v) is 7.29. The van der Waals surface area contributed by atoms with E-state index in [-0.39, 0.29) is 0 Å². The molecule has 0 bridgehead atoms. The van der Waals surface area contributed by atoms with Gasteiger partial charge in [0.05, 0.1) is 0 Å². The molecule has 1 amide bonds. The highest BCUT2D eigenvalue weighted by molar-refractivity contribution is 5.78. The average Bonchev–Trinajstić information content (AvgIpc) is 2.90. The molecular formula is C14H26N2O. The number of hydrogen-bond acceptors (Lipinski definition) is 2. The smallest absolute Gasteiger partial charge is 0.223 e. The fraction of sp³-hybridized carbons (Fsp3) is 0.929. The maximum atomic E-state index is 11.9. The zero-order valence-electron chi connectivity index (χ0n) is 10.8. The van der Waals surface area contributed by atoms with Crippen molar-refractivity contribution in [3.63, 3.8) is 0 Å². The standard InChI is InChI=1S/C14H26N2O/c15-9-12-7-3-4-8-13(12)10-16-14(17)11-5-1-2-6-11/h11-13H,1-10,15H2,(H,16,17). The molecule has 2 aliphatic carbocycles. The van der Waals surface area contributed by atoms with Crippen molar-refractivity contribution in [2.75, 3.05) is 13.1 Å². The first-order chi connectivity index (χ1) is 8.31. The van der Waals surface area contributed by atoms with Gasteiger partial charge in [-0.2, -0.15) is 0 Å². The minimum absolute atomic E-state index is 0.295. The van der Waals surface area contributed by atoms with Gasteiger partial charge in [0.2, 0.25) is 5.91 Å². The summed E-state index contributed by atoms with van der Waals surface area (Å²) in [6.07, 6.45) is 9.76. The van der Waals surface area contributed by atoms with Crippen LogP contribution >= 0.6 is 0 Å². The third kappa shape index (κ3) is 3.44. The first kappa shape index (κ1) is 12.9. The number of carbonyl (C=O) groups is 1. The molecule has 2 fully saturated rings. The lowest BCUT2D eigenvalue weighted by molar-refractivity contribution is -0.125. The Hall–Kier alpha value is -0.570. The summed E-state index contributed by atoms with van der Waals surface area (Å²) in [7, 11) is 0. The molecular weight excluding hydrogens is 212 g/mol. The fourth-order valence-corrected chi connectivity index (χ4v) is 3.43. The molecule has 2 atom stereocenters. The van der Waals surface area contributed by atoms with E-state index >= 15 is 0 Å². The molecule has 0 spiro atoms. The van der Waals surface area contributed by atoms with Crippen molar-refractivity contribution in [2.45, 2.75) is 51.4 Å². The Labute approximate surface area is 105 Å². The van der Waals surface area contributed by atoms with Crippen LogP contribution < -0.4 is 11.1 Å². The Balaban J connectivity index is 1.74. The predicted molar refractivity (Wildman–Crippen MR) is 69.5 cm³/mol. The highest BCUT2D eigenvalue weighted by Gasteiger charge is 2.26. The van der Waals surface area contributed by atoms with Crippen LogP contribution in [0.5, 0.6) is 0 Å². The van der Waals surface area contributed by atoms with E-state index in [9.17, 15) is 4.79 Å². The number of carbonyl (C=O) groups excluding carboxylic acids is 1. The van der Waals surface area contributed by atoms with E-state index in [1.165, 1.54) is 38.5 Å². The third-order valence-electron chi connectivity index (χ3n) is 4.63. The lowest BCUT2D eigenvalue weighted by Crippen LogP contribution is -2.38. The summed E-state index contributed by atoms with van der Waals surface area (Å²) < 4.78 is 0. The molecule has 2 saturated carbocycles. The second-order valence-electron chi connectivity index (χ2n) is 5.77. The number of nitrogens with two attached hydrogens (primary N) is 1. The van der Waals surface area contributed by atoms with Crippen LogP contribution in [-0.4, -0.2) is 19.0 Å². The van der Waals surface area contributed by atoms with E-state index in [2.05, 4.69) is 5.32 Å². The molecule has 0 saturated heterocycles. The van der Waals surface area contributed by atoms with Gasteiger partial charge < -0.3 is 11.1 Å². The molecule has 3 nitrogen and oxygen atoms in total. The molecule has 0 aliphatic heterocycles. The van der Waals surface area contributed by atoms with Crippen LogP contribution in [0.1, 0.15) is 51.4 Å². The summed E-state index contributed by atoms with van der Waals surface area (Å²) in [5.74, 6) is 1.85. The minimum Gasteiger partial charge on any atom is -0.356 e. The molecule has 0 heterocycles. The highest BCUT2D eigenvalue weighted by Crippen LogP contribution is 2.29. The third-order valence-corrected chi connectivity index (χ3v) is 4.63. The fourth-order valence-electron chi connectivity index (χ4n) is 3.43. The van der Waals surface area contributed by atoms with Crippen molar-refractivity contribution >= 4 is 5.91 Å². The number of nitrogens with one attached hydrogen (secondary N) is 1. The van der Waals surface area contributed by atoms with Crippen LogP contribution in [0, 0.1) is 17.8 Å². The van der Waals surface area contributed by atoms with Crippen LogP contribution in [-0.2, 0) is 4.79 Å². The van der Waals surface area contributed by atoms with E-state index in [1.807, 2.05) is 0 Å². The lowest BCUT2D eigenvalue weighted by atomic mass is 9.79. The van der Waals surface area contributed by atoms with Crippen molar-refractivity contribution in [3.8, 4) is 0 Å². The molecule has 0 aromatic carbocycles. The van der Waals surface area contributed by atoms with E-state index in [0.29, 0.717) is 23.7 Å². The van der Waals surface area contributed by atoms with Gasteiger partial charge in [-0.15, -0.1) is 0 Å². The summed E-state index contributed by atoms with van der Waals surface area (Å²) in [4.78, 5) is 11.9. The van der Waals surface area contributed by atoms with Gasteiger partial charge in [-0.3, -0.25) is 4.79 Å². The quantitative estimate of drug-likeness (QED) is 0.787. The minimum atomic E-state index is 0.295. The normalized spacial score (nSPS) is 30.4.